The van der Waals surface area contributed by atoms with Crippen LogP contribution in [-0.2, 0) is 6.42 Å². The predicted octanol–water partition coefficient (Wildman–Crippen LogP) is 3.34. The van der Waals surface area contributed by atoms with Gasteiger partial charge in [0.25, 0.3) is 0 Å². The van der Waals surface area contributed by atoms with Crippen molar-refractivity contribution in [3.8, 4) is 0 Å². The van der Waals surface area contributed by atoms with E-state index in [1.54, 1.807) is 0 Å². The van der Waals surface area contributed by atoms with Gasteiger partial charge in [-0.05, 0) is 54.5 Å². The second kappa shape index (κ2) is 7.45. The zero-order valence-corrected chi connectivity index (χ0v) is 13.2. The molecule has 1 N–H and O–H groups in total. The summed E-state index contributed by atoms with van der Waals surface area (Å²) in [7, 11) is 0. The number of rotatable bonds is 7. The molecule has 1 atom stereocenters. The fraction of sp³-hybridized carbons (Fsp3) is 0.533. The van der Waals surface area contributed by atoms with Gasteiger partial charge >= 0.3 is 0 Å². The summed E-state index contributed by atoms with van der Waals surface area (Å²) in [6.07, 6.45) is 5.77. The lowest BCUT2D eigenvalue weighted by molar-refractivity contribution is 0.529. The SMILES string of the molecule is CCCNC(Cc1ccncc1)c1snnc1C(C)C. The number of hydrogen-bond acceptors (Lipinski definition) is 5. The summed E-state index contributed by atoms with van der Waals surface area (Å²) in [5.41, 5.74) is 2.41. The number of nitrogens with zero attached hydrogens (tertiary/aromatic N) is 3. The average Bonchev–Trinajstić information content (AvgIpc) is 2.94. The highest BCUT2D eigenvalue weighted by Crippen LogP contribution is 2.28. The van der Waals surface area contributed by atoms with Crippen LogP contribution in [-0.4, -0.2) is 21.1 Å². The van der Waals surface area contributed by atoms with Crippen LogP contribution in [0.2, 0.25) is 0 Å². The molecule has 0 radical (unpaired) electrons. The molecule has 0 aromatic carbocycles. The van der Waals surface area contributed by atoms with Gasteiger partial charge in [0, 0.05) is 18.4 Å². The van der Waals surface area contributed by atoms with E-state index in [0.717, 1.165) is 25.1 Å². The molecule has 0 fully saturated rings. The van der Waals surface area contributed by atoms with E-state index in [2.05, 4.69) is 52.8 Å². The summed E-state index contributed by atoms with van der Waals surface area (Å²) >= 11 is 1.52. The molecule has 20 heavy (non-hydrogen) atoms. The Morgan fingerprint density at radius 3 is 2.65 bits per heavy atom. The molecule has 0 saturated heterocycles. The summed E-state index contributed by atoms with van der Waals surface area (Å²) in [4.78, 5) is 5.35. The Labute approximate surface area is 124 Å². The third kappa shape index (κ3) is 3.84. The van der Waals surface area contributed by atoms with Crippen LogP contribution in [0.3, 0.4) is 0 Å². The molecule has 108 valence electrons. The maximum Gasteiger partial charge on any atom is 0.0829 e. The monoisotopic (exact) mass is 290 g/mol. The molecular weight excluding hydrogens is 268 g/mol. The first-order valence-electron chi connectivity index (χ1n) is 7.16. The molecule has 0 aliphatic heterocycles. The van der Waals surface area contributed by atoms with Gasteiger partial charge in [-0.15, -0.1) is 5.10 Å². The van der Waals surface area contributed by atoms with Gasteiger partial charge in [-0.25, -0.2) is 0 Å². The average molecular weight is 290 g/mol. The van der Waals surface area contributed by atoms with E-state index in [9.17, 15) is 0 Å². The van der Waals surface area contributed by atoms with Crippen LogP contribution < -0.4 is 5.32 Å². The Bertz CT molecular complexity index is 510. The smallest absolute Gasteiger partial charge is 0.0829 e. The minimum Gasteiger partial charge on any atom is -0.309 e. The van der Waals surface area contributed by atoms with Crippen LogP contribution in [0.4, 0.5) is 0 Å². The molecule has 1 unspecified atom stereocenters. The van der Waals surface area contributed by atoms with E-state index >= 15 is 0 Å². The summed E-state index contributed by atoms with van der Waals surface area (Å²) < 4.78 is 4.15. The summed E-state index contributed by atoms with van der Waals surface area (Å²) in [6, 6.07) is 4.43. The lowest BCUT2D eigenvalue weighted by atomic mass is 10.0. The Balaban J connectivity index is 2.20. The first-order valence-corrected chi connectivity index (χ1v) is 7.94. The normalized spacial score (nSPS) is 12.8. The van der Waals surface area contributed by atoms with Gasteiger partial charge in [0.05, 0.1) is 10.6 Å². The third-order valence-electron chi connectivity index (χ3n) is 3.23. The maximum absolute atomic E-state index is 4.30. The molecule has 2 heterocycles. The van der Waals surface area contributed by atoms with E-state index in [0.29, 0.717) is 5.92 Å². The van der Waals surface area contributed by atoms with Crippen molar-refractivity contribution in [2.75, 3.05) is 6.54 Å². The Morgan fingerprint density at radius 2 is 2.00 bits per heavy atom. The molecule has 0 spiro atoms. The lowest BCUT2D eigenvalue weighted by Crippen LogP contribution is -2.24. The maximum atomic E-state index is 4.30. The van der Waals surface area contributed by atoms with Crippen molar-refractivity contribution in [3.63, 3.8) is 0 Å². The molecule has 2 aromatic rings. The molecule has 0 aliphatic carbocycles. The van der Waals surface area contributed by atoms with E-state index in [1.165, 1.54) is 22.0 Å². The zero-order valence-electron chi connectivity index (χ0n) is 12.3. The van der Waals surface area contributed by atoms with Crippen LogP contribution in [0.25, 0.3) is 0 Å². The van der Waals surface area contributed by atoms with Crippen LogP contribution in [0.1, 0.15) is 55.3 Å². The van der Waals surface area contributed by atoms with Crippen molar-refractivity contribution in [1.82, 2.24) is 19.9 Å². The van der Waals surface area contributed by atoms with E-state index in [4.69, 9.17) is 0 Å². The number of pyridine rings is 1. The quantitative estimate of drug-likeness (QED) is 0.849. The molecule has 2 aromatic heterocycles. The Hall–Kier alpha value is -1.33. The molecule has 0 aliphatic rings. The number of aromatic nitrogens is 3. The summed E-state index contributed by atoms with van der Waals surface area (Å²) in [6.45, 7) is 7.53. The Morgan fingerprint density at radius 1 is 1.25 bits per heavy atom. The van der Waals surface area contributed by atoms with Crippen molar-refractivity contribution in [3.05, 3.63) is 40.7 Å². The summed E-state index contributed by atoms with van der Waals surface area (Å²) in [5.74, 6) is 0.409. The number of hydrogen-bond donors (Lipinski definition) is 1. The lowest BCUT2D eigenvalue weighted by Gasteiger charge is -2.18. The molecule has 0 bridgehead atoms. The first kappa shape index (κ1) is 15.1. The predicted molar refractivity (Wildman–Crippen MR) is 83.0 cm³/mol. The molecule has 4 nitrogen and oxygen atoms in total. The van der Waals surface area contributed by atoms with Gasteiger partial charge in [-0.1, -0.05) is 25.3 Å². The van der Waals surface area contributed by atoms with E-state index < -0.39 is 0 Å². The third-order valence-corrected chi connectivity index (χ3v) is 4.09. The van der Waals surface area contributed by atoms with Crippen LogP contribution >= 0.6 is 11.5 Å². The van der Waals surface area contributed by atoms with Crippen molar-refractivity contribution in [2.24, 2.45) is 0 Å². The molecule has 2 rings (SSSR count). The fourth-order valence-electron chi connectivity index (χ4n) is 2.18. The van der Waals surface area contributed by atoms with Gasteiger partial charge in [0.1, 0.15) is 0 Å². The second-order valence-electron chi connectivity index (χ2n) is 5.24. The standard InChI is InChI=1S/C15H22N4S/c1-4-7-17-13(10-12-5-8-16-9-6-12)15-14(11(2)3)18-19-20-15/h5-6,8-9,11,13,17H,4,7,10H2,1-3H3. The van der Waals surface area contributed by atoms with Crippen LogP contribution in [0.15, 0.2) is 24.5 Å². The summed E-state index contributed by atoms with van der Waals surface area (Å²) in [5, 5.41) is 7.93. The fourth-order valence-corrected chi connectivity index (χ4v) is 3.06. The largest absolute Gasteiger partial charge is 0.309 e. The molecule has 0 amide bonds. The Kier molecular flexibility index (Phi) is 5.61. The van der Waals surface area contributed by atoms with Gasteiger partial charge in [0.15, 0.2) is 0 Å². The zero-order chi connectivity index (χ0) is 14.4. The van der Waals surface area contributed by atoms with Crippen molar-refractivity contribution in [2.45, 2.75) is 45.6 Å². The highest BCUT2D eigenvalue weighted by molar-refractivity contribution is 7.05. The van der Waals surface area contributed by atoms with Crippen molar-refractivity contribution >= 4 is 11.5 Å². The first-order chi connectivity index (χ1) is 9.72. The van der Waals surface area contributed by atoms with E-state index in [-0.39, 0.29) is 6.04 Å². The van der Waals surface area contributed by atoms with E-state index in [1.807, 2.05) is 12.4 Å². The highest BCUT2D eigenvalue weighted by atomic mass is 32.1. The van der Waals surface area contributed by atoms with Gasteiger partial charge in [-0.2, -0.15) is 0 Å². The van der Waals surface area contributed by atoms with Crippen molar-refractivity contribution in [1.29, 1.82) is 0 Å². The van der Waals surface area contributed by atoms with Crippen LogP contribution in [0, 0.1) is 0 Å². The highest BCUT2D eigenvalue weighted by Gasteiger charge is 2.21. The molecule has 5 heteroatoms. The van der Waals surface area contributed by atoms with Gasteiger partial charge in [0.2, 0.25) is 0 Å². The minimum atomic E-state index is 0.287. The van der Waals surface area contributed by atoms with Crippen LogP contribution in [0.5, 0.6) is 0 Å². The molecule has 0 saturated carbocycles. The van der Waals surface area contributed by atoms with Gasteiger partial charge in [-0.3, -0.25) is 4.98 Å². The minimum absolute atomic E-state index is 0.287. The van der Waals surface area contributed by atoms with Crippen molar-refractivity contribution < 1.29 is 0 Å². The van der Waals surface area contributed by atoms with Gasteiger partial charge < -0.3 is 5.32 Å². The second-order valence-corrected chi connectivity index (χ2v) is 6.03. The molecular formula is C15H22N4S. The number of nitrogens with one attached hydrogen (secondary N) is 1. The topological polar surface area (TPSA) is 50.7 Å².